The SMILES string of the molecule is CNc1ncnc(N[C@@H](C)c2cc3nccn3nc2-c2ccccc2)c1C#N. The molecule has 2 N–H and O–H groups in total. The molecule has 0 amide bonds. The molecule has 0 saturated carbocycles. The van der Waals surface area contributed by atoms with Crippen LogP contribution in [0.5, 0.6) is 0 Å². The Kier molecular flexibility index (Phi) is 4.56. The van der Waals surface area contributed by atoms with E-state index in [-0.39, 0.29) is 6.04 Å². The normalized spacial score (nSPS) is 11.8. The van der Waals surface area contributed by atoms with Crippen LogP contribution in [-0.4, -0.2) is 31.6 Å². The second kappa shape index (κ2) is 7.32. The molecule has 8 nitrogen and oxygen atoms in total. The van der Waals surface area contributed by atoms with E-state index in [1.807, 2.05) is 49.5 Å². The maximum Gasteiger partial charge on any atom is 0.153 e. The Morgan fingerprint density at radius 3 is 2.64 bits per heavy atom. The average Bonchev–Trinajstić information content (AvgIpc) is 3.20. The number of aromatic nitrogens is 5. The van der Waals surface area contributed by atoms with Crippen molar-refractivity contribution in [1.29, 1.82) is 5.26 Å². The van der Waals surface area contributed by atoms with Crippen molar-refractivity contribution < 1.29 is 0 Å². The lowest BCUT2D eigenvalue weighted by Crippen LogP contribution is -2.13. The van der Waals surface area contributed by atoms with Crippen LogP contribution >= 0.6 is 0 Å². The van der Waals surface area contributed by atoms with Gasteiger partial charge in [-0.3, -0.25) is 0 Å². The van der Waals surface area contributed by atoms with E-state index in [0.717, 1.165) is 22.5 Å². The van der Waals surface area contributed by atoms with Crippen LogP contribution in [-0.2, 0) is 0 Å². The van der Waals surface area contributed by atoms with E-state index in [1.54, 1.807) is 17.8 Å². The lowest BCUT2D eigenvalue weighted by atomic mass is 10.0. The summed E-state index contributed by atoms with van der Waals surface area (Å²) in [6.45, 7) is 2.01. The molecule has 4 aromatic rings. The molecule has 0 unspecified atom stereocenters. The first-order chi connectivity index (χ1) is 13.7. The highest BCUT2D eigenvalue weighted by molar-refractivity contribution is 5.68. The molecule has 0 bridgehead atoms. The first-order valence-corrected chi connectivity index (χ1v) is 8.80. The molecule has 138 valence electrons. The molecule has 0 aliphatic heterocycles. The number of hydrogen-bond acceptors (Lipinski definition) is 7. The van der Waals surface area contributed by atoms with E-state index in [0.29, 0.717) is 17.2 Å². The highest BCUT2D eigenvalue weighted by Gasteiger charge is 2.19. The summed E-state index contributed by atoms with van der Waals surface area (Å²) < 4.78 is 1.75. The second-order valence-electron chi connectivity index (χ2n) is 6.22. The average molecular weight is 370 g/mol. The van der Waals surface area contributed by atoms with Crippen LogP contribution in [0.15, 0.2) is 55.1 Å². The molecule has 8 heteroatoms. The quantitative estimate of drug-likeness (QED) is 0.555. The van der Waals surface area contributed by atoms with Crippen molar-refractivity contribution in [2.24, 2.45) is 0 Å². The predicted octanol–water partition coefficient (Wildman–Crippen LogP) is 3.27. The first-order valence-electron chi connectivity index (χ1n) is 8.80. The minimum Gasteiger partial charge on any atom is -0.372 e. The Balaban J connectivity index is 1.80. The highest BCUT2D eigenvalue weighted by Crippen LogP contribution is 2.30. The maximum atomic E-state index is 9.52. The molecule has 4 rings (SSSR count). The largest absolute Gasteiger partial charge is 0.372 e. The number of hydrogen-bond donors (Lipinski definition) is 2. The summed E-state index contributed by atoms with van der Waals surface area (Å²) in [4.78, 5) is 12.7. The predicted molar refractivity (Wildman–Crippen MR) is 107 cm³/mol. The summed E-state index contributed by atoms with van der Waals surface area (Å²) in [6.07, 6.45) is 4.97. The van der Waals surface area contributed by atoms with Crippen LogP contribution in [0.1, 0.15) is 24.1 Å². The summed E-state index contributed by atoms with van der Waals surface area (Å²) in [5.41, 5.74) is 3.92. The summed E-state index contributed by atoms with van der Waals surface area (Å²) >= 11 is 0. The third-order valence-electron chi connectivity index (χ3n) is 4.48. The van der Waals surface area contributed by atoms with Crippen molar-refractivity contribution >= 4 is 17.3 Å². The van der Waals surface area contributed by atoms with E-state index in [2.05, 4.69) is 31.7 Å². The standard InChI is InChI=1S/C20H18N8/c1-13(26-20-16(11-21)19(22-2)24-12-25-20)15-10-17-23-8-9-28(17)27-18(15)14-6-4-3-5-7-14/h3-10,12-13H,1-2H3,(H2,22,24,25,26)/t13-/m0/s1. The van der Waals surface area contributed by atoms with Crippen molar-refractivity contribution in [3.05, 3.63) is 66.2 Å². The van der Waals surface area contributed by atoms with Crippen LogP contribution in [0.25, 0.3) is 16.9 Å². The molecular formula is C20H18N8. The van der Waals surface area contributed by atoms with E-state index in [4.69, 9.17) is 5.10 Å². The van der Waals surface area contributed by atoms with Crippen LogP contribution < -0.4 is 10.6 Å². The number of nitrogens with one attached hydrogen (secondary N) is 2. The van der Waals surface area contributed by atoms with Gasteiger partial charge in [-0.05, 0) is 13.0 Å². The number of fused-ring (bicyclic) bond motifs is 1. The number of nitrogens with zero attached hydrogens (tertiary/aromatic N) is 6. The Morgan fingerprint density at radius 2 is 1.89 bits per heavy atom. The highest BCUT2D eigenvalue weighted by atomic mass is 15.2. The Hall–Kier alpha value is -3.99. The van der Waals surface area contributed by atoms with Crippen LogP contribution in [0, 0.1) is 11.3 Å². The summed E-state index contributed by atoms with van der Waals surface area (Å²) in [7, 11) is 1.72. The fraction of sp³-hybridized carbons (Fsp3) is 0.150. The van der Waals surface area contributed by atoms with E-state index < -0.39 is 0 Å². The lowest BCUT2D eigenvalue weighted by molar-refractivity contribution is 0.839. The van der Waals surface area contributed by atoms with Gasteiger partial charge in [0.15, 0.2) is 5.65 Å². The number of benzene rings is 1. The number of anilines is 2. The zero-order chi connectivity index (χ0) is 19.5. The van der Waals surface area contributed by atoms with Crippen molar-refractivity contribution in [1.82, 2.24) is 24.6 Å². The van der Waals surface area contributed by atoms with Gasteiger partial charge in [0.2, 0.25) is 0 Å². The molecule has 0 saturated heterocycles. The third-order valence-corrected chi connectivity index (χ3v) is 4.48. The van der Waals surface area contributed by atoms with Gasteiger partial charge in [-0.15, -0.1) is 0 Å². The van der Waals surface area contributed by atoms with Gasteiger partial charge in [0.1, 0.15) is 29.6 Å². The molecule has 0 spiro atoms. The van der Waals surface area contributed by atoms with Gasteiger partial charge in [-0.25, -0.2) is 19.5 Å². The van der Waals surface area contributed by atoms with Crippen molar-refractivity contribution in [3.63, 3.8) is 0 Å². The summed E-state index contributed by atoms with van der Waals surface area (Å²) in [6, 6.07) is 14.0. The molecule has 1 atom stereocenters. The molecular weight excluding hydrogens is 352 g/mol. The topological polar surface area (TPSA) is 104 Å². The van der Waals surface area contributed by atoms with E-state index in [9.17, 15) is 5.26 Å². The first kappa shape index (κ1) is 17.4. The molecule has 3 aromatic heterocycles. The Labute approximate surface area is 161 Å². The fourth-order valence-electron chi connectivity index (χ4n) is 3.09. The van der Waals surface area contributed by atoms with E-state index >= 15 is 0 Å². The van der Waals surface area contributed by atoms with Gasteiger partial charge >= 0.3 is 0 Å². The minimum absolute atomic E-state index is 0.170. The number of rotatable bonds is 5. The number of imidazole rings is 1. The monoisotopic (exact) mass is 370 g/mol. The molecule has 1 aromatic carbocycles. The van der Waals surface area contributed by atoms with Gasteiger partial charge < -0.3 is 10.6 Å². The van der Waals surface area contributed by atoms with Crippen molar-refractivity contribution in [3.8, 4) is 17.3 Å². The molecule has 28 heavy (non-hydrogen) atoms. The van der Waals surface area contributed by atoms with Crippen molar-refractivity contribution in [2.75, 3.05) is 17.7 Å². The lowest BCUT2D eigenvalue weighted by Gasteiger charge is -2.19. The second-order valence-corrected chi connectivity index (χ2v) is 6.22. The van der Waals surface area contributed by atoms with Gasteiger partial charge in [0, 0.05) is 30.6 Å². The Morgan fingerprint density at radius 1 is 1.11 bits per heavy atom. The van der Waals surface area contributed by atoms with Gasteiger partial charge in [0.25, 0.3) is 0 Å². The van der Waals surface area contributed by atoms with Crippen LogP contribution in [0.2, 0.25) is 0 Å². The smallest absolute Gasteiger partial charge is 0.153 e. The Bertz CT molecular complexity index is 1160. The summed E-state index contributed by atoms with van der Waals surface area (Å²) in [5.74, 6) is 0.953. The molecule has 0 radical (unpaired) electrons. The van der Waals surface area contributed by atoms with Gasteiger partial charge in [0.05, 0.1) is 11.7 Å². The zero-order valence-corrected chi connectivity index (χ0v) is 15.5. The minimum atomic E-state index is -0.170. The zero-order valence-electron chi connectivity index (χ0n) is 15.5. The van der Waals surface area contributed by atoms with Crippen LogP contribution in [0.3, 0.4) is 0 Å². The maximum absolute atomic E-state index is 9.52. The van der Waals surface area contributed by atoms with Crippen LogP contribution in [0.4, 0.5) is 11.6 Å². The molecule has 3 heterocycles. The van der Waals surface area contributed by atoms with E-state index in [1.165, 1.54) is 6.33 Å². The molecule has 0 aliphatic carbocycles. The van der Waals surface area contributed by atoms with Gasteiger partial charge in [-0.2, -0.15) is 10.4 Å². The van der Waals surface area contributed by atoms with Crippen molar-refractivity contribution in [2.45, 2.75) is 13.0 Å². The molecule has 0 aliphatic rings. The summed E-state index contributed by atoms with van der Waals surface area (Å²) in [5, 5.41) is 20.5. The third kappa shape index (κ3) is 3.10. The van der Waals surface area contributed by atoms with Gasteiger partial charge in [-0.1, -0.05) is 30.3 Å². The fourth-order valence-corrected chi connectivity index (χ4v) is 3.09. The molecule has 0 fully saturated rings. The number of nitriles is 1.